The number of nitro groups is 1. The molecule has 0 radical (unpaired) electrons. The Bertz CT molecular complexity index is 834. The number of hydrogen-bond acceptors (Lipinski definition) is 4. The molecule has 34 heavy (non-hydrogen) atoms. The summed E-state index contributed by atoms with van der Waals surface area (Å²) in [5.74, 6) is 3.53. The lowest BCUT2D eigenvalue weighted by Gasteiger charge is -2.58. The smallest absolute Gasteiger partial charge is 0.302 e. The largest absolute Gasteiger partial charge is 0.462 e. The maximum absolute atomic E-state index is 12.3. The van der Waals surface area contributed by atoms with Crippen LogP contribution in [0.2, 0.25) is 0 Å². The summed E-state index contributed by atoms with van der Waals surface area (Å²) >= 11 is 0. The van der Waals surface area contributed by atoms with Crippen LogP contribution in [0, 0.1) is 56.5 Å². The van der Waals surface area contributed by atoms with Crippen molar-refractivity contribution in [3.8, 4) is 0 Å². The molecule has 0 N–H and O–H groups in total. The molecular formula is C29H47NO4. The number of nitrogens with zero attached hydrogens (tertiary/aromatic N) is 1. The van der Waals surface area contributed by atoms with Crippen LogP contribution in [0.3, 0.4) is 0 Å². The van der Waals surface area contributed by atoms with E-state index in [0.29, 0.717) is 41.7 Å². The highest BCUT2D eigenvalue weighted by Gasteiger charge is 2.61. The van der Waals surface area contributed by atoms with Crippen molar-refractivity contribution in [2.45, 2.75) is 118 Å². The molecule has 0 aromatic carbocycles. The van der Waals surface area contributed by atoms with Crippen LogP contribution in [0.4, 0.5) is 0 Å². The molecule has 4 aliphatic carbocycles. The number of carbonyl (C=O) groups is 1. The lowest BCUT2D eigenvalue weighted by Crippen LogP contribution is -2.52. The van der Waals surface area contributed by atoms with Crippen LogP contribution in [0.5, 0.6) is 0 Å². The van der Waals surface area contributed by atoms with Crippen LogP contribution >= 0.6 is 0 Å². The normalized spacial score (nSPS) is 40.4. The summed E-state index contributed by atoms with van der Waals surface area (Å²) in [6.07, 6.45) is 11.6. The Labute approximate surface area is 206 Å². The van der Waals surface area contributed by atoms with Gasteiger partial charge in [-0.15, -0.1) is 0 Å². The summed E-state index contributed by atoms with van der Waals surface area (Å²) < 4.78 is 5.53. The number of carbonyl (C=O) groups excluding carboxylic acids is 1. The van der Waals surface area contributed by atoms with E-state index in [1.807, 2.05) is 0 Å². The zero-order valence-corrected chi connectivity index (χ0v) is 22.4. The van der Waals surface area contributed by atoms with Crippen molar-refractivity contribution in [1.82, 2.24) is 0 Å². The number of allylic oxidation sites excluding steroid dienone is 1. The summed E-state index contributed by atoms with van der Waals surface area (Å²) in [5.41, 5.74) is 1.66. The molecule has 0 heterocycles. The minimum absolute atomic E-state index is 0.0904. The molecule has 0 saturated heterocycles. The highest BCUT2D eigenvalue weighted by molar-refractivity contribution is 5.66. The van der Waals surface area contributed by atoms with E-state index < -0.39 is 0 Å². The average Bonchev–Trinajstić information content (AvgIpc) is 3.10. The fraction of sp³-hybridized carbons (Fsp3) is 0.897. The minimum Gasteiger partial charge on any atom is -0.462 e. The predicted molar refractivity (Wildman–Crippen MR) is 135 cm³/mol. The van der Waals surface area contributed by atoms with Crippen LogP contribution in [0.25, 0.3) is 0 Å². The second-order valence-corrected chi connectivity index (χ2v) is 13.2. The highest BCUT2D eigenvalue weighted by Crippen LogP contribution is 2.68. The van der Waals surface area contributed by atoms with Gasteiger partial charge in [-0.25, -0.2) is 0 Å². The SMILES string of the molecule is CC(=O)O[C@H]1CC[C@@]2(C)C(=C([N+](=O)[O-])C[C@H]3[C@H]2CC[C@]2(C)[C@@H]([C@@H](C)CCCC(C)C)CC[C@@H]32)C1. The summed E-state index contributed by atoms with van der Waals surface area (Å²) in [6.45, 7) is 13.4. The van der Waals surface area contributed by atoms with Gasteiger partial charge >= 0.3 is 5.97 Å². The van der Waals surface area contributed by atoms with Gasteiger partial charge in [0, 0.05) is 25.3 Å². The Balaban J connectivity index is 1.58. The first-order valence-corrected chi connectivity index (χ1v) is 14.0. The van der Waals surface area contributed by atoms with Crippen molar-refractivity contribution in [2.75, 3.05) is 0 Å². The molecule has 0 amide bonds. The standard InChI is InChI=1S/C29H47NO4/c1-18(2)8-7-9-19(3)23-10-11-24-22-17-27(30(32)33)26-16-21(34-20(4)31)12-14-29(26,6)25(22)13-15-28(23,24)5/h18-19,21-25H,7-17H2,1-6H3/t19-,21-,22+,23+,24-,25+,28+,29+/m0/s1. The Kier molecular flexibility index (Phi) is 7.24. The number of fused-ring (bicyclic) bond motifs is 5. The number of hydrogen-bond donors (Lipinski definition) is 0. The van der Waals surface area contributed by atoms with Gasteiger partial charge in [0.1, 0.15) is 6.10 Å². The lowest BCUT2D eigenvalue weighted by atomic mass is 9.46. The summed E-state index contributed by atoms with van der Waals surface area (Å²) in [7, 11) is 0. The first kappa shape index (κ1) is 25.7. The number of esters is 1. The van der Waals surface area contributed by atoms with Crippen molar-refractivity contribution in [3.63, 3.8) is 0 Å². The van der Waals surface area contributed by atoms with E-state index in [1.54, 1.807) is 0 Å². The van der Waals surface area contributed by atoms with Crippen molar-refractivity contribution in [1.29, 1.82) is 0 Å². The van der Waals surface area contributed by atoms with Crippen LogP contribution in [0.15, 0.2) is 11.3 Å². The van der Waals surface area contributed by atoms with Crippen LogP contribution in [0.1, 0.15) is 112 Å². The molecule has 3 saturated carbocycles. The molecule has 5 nitrogen and oxygen atoms in total. The quantitative estimate of drug-likeness (QED) is 0.217. The molecule has 0 aromatic heterocycles. The van der Waals surface area contributed by atoms with Gasteiger partial charge in [0.2, 0.25) is 5.70 Å². The van der Waals surface area contributed by atoms with E-state index in [2.05, 4.69) is 34.6 Å². The summed E-state index contributed by atoms with van der Waals surface area (Å²) in [4.78, 5) is 23.8. The number of ether oxygens (including phenoxy) is 1. The molecule has 192 valence electrons. The fourth-order valence-electron chi connectivity index (χ4n) is 9.29. The molecule has 0 bridgehead atoms. The van der Waals surface area contributed by atoms with Gasteiger partial charge in [0.25, 0.3) is 0 Å². The Morgan fingerprint density at radius 3 is 2.44 bits per heavy atom. The second-order valence-electron chi connectivity index (χ2n) is 13.2. The van der Waals surface area contributed by atoms with Gasteiger partial charge in [-0.05, 0) is 84.9 Å². The monoisotopic (exact) mass is 473 g/mol. The first-order chi connectivity index (χ1) is 16.0. The first-order valence-electron chi connectivity index (χ1n) is 14.0. The van der Waals surface area contributed by atoms with E-state index in [4.69, 9.17) is 4.74 Å². The Morgan fingerprint density at radius 1 is 1.06 bits per heavy atom. The molecule has 0 spiro atoms. The Morgan fingerprint density at radius 2 is 1.79 bits per heavy atom. The molecular weight excluding hydrogens is 426 g/mol. The molecule has 8 atom stereocenters. The van der Waals surface area contributed by atoms with E-state index in [9.17, 15) is 14.9 Å². The van der Waals surface area contributed by atoms with Crippen molar-refractivity contribution in [3.05, 3.63) is 21.4 Å². The summed E-state index contributed by atoms with van der Waals surface area (Å²) in [6, 6.07) is 0. The van der Waals surface area contributed by atoms with E-state index in [-0.39, 0.29) is 22.4 Å². The Hall–Kier alpha value is -1.39. The molecule has 4 rings (SSSR count). The van der Waals surface area contributed by atoms with E-state index >= 15 is 0 Å². The van der Waals surface area contributed by atoms with Gasteiger partial charge in [-0.3, -0.25) is 14.9 Å². The second kappa shape index (κ2) is 9.58. The topological polar surface area (TPSA) is 69.4 Å². The zero-order valence-electron chi connectivity index (χ0n) is 22.4. The van der Waals surface area contributed by atoms with Gasteiger partial charge in [0.05, 0.1) is 4.92 Å². The van der Waals surface area contributed by atoms with Crippen molar-refractivity contribution < 1.29 is 14.5 Å². The molecule has 3 fully saturated rings. The predicted octanol–water partition coefficient (Wildman–Crippen LogP) is 7.56. The molecule has 0 unspecified atom stereocenters. The van der Waals surface area contributed by atoms with E-state index in [1.165, 1.54) is 51.9 Å². The van der Waals surface area contributed by atoms with Gasteiger partial charge < -0.3 is 4.74 Å². The zero-order chi connectivity index (χ0) is 24.8. The summed E-state index contributed by atoms with van der Waals surface area (Å²) in [5, 5.41) is 12.3. The maximum atomic E-state index is 12.3. The molecule has 5 heteroatoms. The number of rotatable bonds is 7. The average molecular weight is 474 g/mol. The van der Waals surface area contributed by atoms with Crippen molar-refractivity contribution >= 4 is 5.97 Å². The van der Waals surface area contributed by atoms with Gasteiger partial charge in [-0.2, -0.15) is 0 Å². The van der Waals surface area contributed by atoms with Crippen LogP contribution in [-0.4, -0.2) is 17.0 Å². The van der Waals surface area contributed by atoms with E-state index in [0.717, 1.165) is 36.2 Å². The molecule has 4 aliphatic rings. The third-order valence-electron chi connectivity index (χ3n) is 10.9. The van der Waals surface area contributed by atoms with Gasteiger partial charge in [-0.1, -0.05) is 53.9 Å². The van der Waals surface area contributed by atoms with Crippen molar-refractivity contribution in [2.24, 2.45) is 46.3 Å². The lowest BCUT2D eigenvalue weighted by molar-refractivity contribution is -0.434. The molecule has 0 aliphatic heterocycles. The minimum atomic E-state index is -0.279. The third kappa shape index (κ3) is 4.46. The molecule has 0 aromatic rings. The van der Waals surface area contributed by atoms with Crippen LogP contribution in [-0.2, 0) is 9.53 Å². The van der Waals surface area contributed by atoms with Gasteiger partial charge in [0.15, 0.2) is 0 Å². The maximum Gasteiger partial charge on any atom is 0.302 e. The fourth-order valence-corrected chi connectivity index (χ4v) is 9.29. The third-order valence-corrected chi connectivity index (χ3v) is 10.9. The highest BCUT2D eigenvalue weighted by atomic mass is 16.6. The van der Waals surface area contributed by atoms with Crippen LogP contribution < -0.4 is 0 Å².